The van der Waals surface area contributed by atoms with Gasteiger partial charge in [0.05, 0.1) is 6.61 Å². The fourth-order valence-electron chi connectivity index (χ4n) is 5.14. The average molecular weight is 515 g/mol. The van der Waals surface area contributed by atoms with Crippen molar-refractivity contribution < 1.29 is 9.47 Å². The van der Waals surface area contributed by atoms with Gasteiger partial charge in [0.2, 0.25) is 0 Å². The molecule has 1 aromatic carbocycles. The van der Waals surface area contributed by atoms with E-state index in [1.165, 1.54) is 31.2 Å². The standard InChI is InChI=1S/C20H46O2Si7/c1-21-20(22-16-19-8-3-2-4-9-19)15-18-12-10-17(11-13-18)7-5-6-14-29(27-25-23)28-26-24/h2-4,8-9,17-18,20,29H,5-7,10-16,25-28H2,1,23-24H3. The van der Waals surface area contributed by atoms with E-state index in [-0.39, 0.29) is 14.1 Å². The molecule has 2 rings (SSSR count). The third-order valence-corrected chi connectivity index (χ3v) is 100. The summed E-state index contributed by atoms with van der Waals surface area (Å²) in [6, 6.07) is 12.3. The van der Waals surface area contributed by atoms with Crippen LogP contribution in [-0.2, 0) is 16.1 Å². The van der Waals surface area contributed by atoms with Crippen molar-refractivity contribution in [1.29, 1.82) is 0 Å². The SMILES string of the molecule is COC(CC1CCC(CCCC[SiH]([SiH2][SiH2][SiH3])[SiH2][SiH2][SiH3])CC1)OCc1ccccc1. The second kappa shape index (κ2) is 16.3. The molecule has 1 aromatic rings. The van der Waals surface area contributed by atoms with Crippen LogP contribution in [-0.4, -0.2) is 75.0 Å². The van der Waals surface area contributed by atoms with E-state index in [2.05, 4.69) is 30.3 Å². The first kappa shape index (κ1) is 25.9. The van der Waals surface area contributed by atoms with Crippen molar-refractivity contribution in [2.24, 2.45) is 11.8 Å². The van der Waals surface area contributed by atoms with Crippen LogP contribution in [0.25, 0.3) is 0 Å². The number of rotatable bonds is 15. The van der Waals surface area contributed by atoms with Crippen molar-refractivity contribution in [2.45, 2.75) is 70.3 Å². The molecule has 0 heterocycles. The zero-order valence-corrected chi connectivity index (χ0v) is 30.2. The van der Waals surface area contributed by atoms with Gasteiger partial charge < -0.3 is 9.47 Å². The van der Waals surface area contributed by atoms with Gasteiger partial charge in [0, 0.05) is 21.4 Å². The van der Waals surface area contributed by atoms with Gasteiger partial charge in [-0.05, 0) is 84.0 Å². The molecule has 0 aromatic heterocycles. The molecule has 166 valence electrons. The number of ether oxygens (including phenoxy) is 2. The average Bonchev–Trinajstić information content (AvgIpc) is 2.76. The van der Waals surface area contributed by atoms with Gasteiger partial charge in [-0.25, -0.2) is 0 Å². The molecular weight excluding hydrogens is 469 g/mol. The van der Waals surface area contributed by atoms with E-state index in [0.717, 1.165) is 18.3 Å². The lowest BCUT2D eigenvalue weighted by Gasteiger charge is -2.30. The van der Waals surface area contributed by atoms with Gasteiger partial charge in [-0.3, -0.25) is 0 Å². The molecule has 0 N–H and O–H groups in total. The molecule has 0 spiro atoms. The van der Waals surface area contributed by atoms with Gasteiger partial charge in [0.15, 0.2) is 6.29 Å². The van der Waals surface area contributed by atoms with Crippen LogP contribution < -0.4 is 0 Å². The quantitative estimate of drug-likeness (QED) is 0.167. The van der Waals surface area contributed by atoms with Crippen molar-refractivity contribution in [3.8, 4) is 0 Å². The van der Waals surface area contributed by atoms with E-state index in [1.54, 1.807) is 45.9 Å². The summed E-state index contributed by atoms with van der Waals surface area (Å²) in [7, 11) is 7.83. The summed E-state index contributed by atoms with van der Waals surface area (Å²) in [6.07, 6.45) is 11.5. The van der Waals surface area contributed by atoms with Crippen LogP contribution in [0.1, 0.15) is 56.9 Å². The summed E-state index contributed by atoms with van der Waals surface area (Å²) in [5.41, 5.74) is 1.24. The van der Waals surface area contributed by atoms with E-state index < -0.39 is 0 Å². The third kappa shape index (κ3) is 11.2. The summed E-state index contributed by atoms with van der Waals surface area (Å²) >= 11 is 0. The molecule has 1 atom stereocenters. The smallest absolute Gasteiger partial charge is 0.157 e. The molecule has 1 aliphatic carbocycles. The van der Waals surface area contributed by atoms with E-state index in [1.807, 2.05) is 6.04 Å². The van der Waals surface area contributed by atoms with Gasteiger partial charge in [0.1, 0.15) is 0 Å². The lowest BCUT2D eigenvalue weighted by atomic mass is 9.78. The Morgan fingerprint density at radius 3 is 2.28 bits per heavy atom. The Kier molecular flexibility index (Phi) is 14.6. The van der Waals surface area contributed by atoms with Gasteiger partial charge >= 0.3 is 0 Å². The second-order valence-electron chi connectivity index (χ2n) is 9.31. The number of benzene rings is 1. The summed E-state index contributed by atoms with van der Waals surface area (Å²) in [4.78, 5) is 0. The number of hydrogen-bond donors (Lipinski definition) is 0. The van der Waals surface area contributed by atoms with Crippen molar-refractivity contribution in [1.82, 2.24) is 0 Å². The van der Waals surface area contributed by atoms with Crippen molar-refractivity contribution in [3.63, 3.8) is 0 Å². The lowest BCUT2D eigenvalue weighted by molar-refractivity contribution is -0.143. The molecule has 1 unspecified atom stereocenters. The Hall–Kier alpha value is 0.658. The second-order valence-corrected chi connectivity index (χ2v) is 63.0. The van der Waals surface area contributed by atoms with Crippen LogP contribution in [0.4, 0.5) is 0 Å². The summed E-state index contributed by atoms with van der Waals surface area (Å²) in [6.45, 7) is 0.663. The van der Waals surface area contributed by atoms with Crippen LogP contribution in [0.3, 0.4) is 0 Å². The van der Waals surface area contributed by atoms with Crippen LogP contribution in [0.5, 0.6) is 0 Å². The molecule has 2 nitrogen and oxygen atoms in total. The number of hydrogen-bond acceptors (Lipinski definition) is 2. The van der Waals surface area contributed by atoms with Gasteiger partial charge in [-0.1, -0.05) is 68.5 Å². The lowest BCUT2D eigenvalue weighted by Crippen LogP contribution is -2.37. The van der Waals surface area contributed by atoms with E-state index in [4.69, 9.17) is 9.47 Å². The molecular formula is C20H46O2Si7. The molecule has 1 aliphatic rings. The van der Waals surface area contributed by atoms with Crippen molar-refractivity contribution in [2.75, 3.05) is 7.11 Å². The Morgan fingerprint density at radius 2 is 1.66 bits per heavy atom. The minimum atomic E-state index is -0.0395. The third-order valence-electron chi connectivity index (χ3n) is 6.90. The molecule has 0 saturated heterocycles. The molecule has 0 aliphatic heterocycles. The Labute approximate surface area is 195 Å². The van der Waals surface area contributed by atoms with Crippen LogP contribution in [0.2, 0.25) is 6.04 Å². The minimum Gasteiger partial charge on any atom is -0.356 e. The highest BCUT2D eigenvalue weighted by molar-refractivity contribution is 7.66. The maximum absolute atomic E-state index is 6.05. The molecule has 1 fully saturated rings. The summed E-state index contributed by atoms with van der Waals surface area (Å²) in [5.74, 6) is 1.84. The van der Waals surface area contributed by atoms with Crippen LogP contribution in [0.15, 0.2) is 30.3 Å². The molecule has 29 heavy (non-hydrogen) atoms. The highest BCUT2D eigenvalue weighted by Crippen LogP contribution is 2.34. The molecule has 1 saturated carbocycles. The highest BCUT2D eigenvalue weighted by atomic mass is 30.0. The Bertz CT molecular complexity index is 509. The molecule has 0 radical (unpaired) electrons. The minimum absolute atomic E-state index is 0.0395. The maximum atomic E-state index is 6.05. The first-order valence-electron chi connectivity index (χ1n) is 12.4. The fraction of sp³-hybridized carbons (Fsp3) is 0.700. The van der Waals surface area contributed by atoms with Gasteiger partial charge in [-0.15, -0.1) is 0 Å². The van der Waals surface area contributed by atoms with Crippen molar-refractivity contribution in [3.05, 3.63) is 35.9 Å². The normalized spacial score (nSPS) is 23.6. The van der Waals surface area contributed by atoms with Crippen LogP contribution >= 0.6 is 0 Å². The van der Waals surface area contributed by atoms with E-state index in [0.29, 0.717) is 40.8 Å². The highest BCUT2D eigenvalue weighted by Gasteiger charge is 2.24. The first-order chi connectivity index (χ1) is 14.2. The Morgan fingerprint density at radius 1 is 1.00 bits per heavy atom. The summed E-state index contributed by atoms with van der Waals surface area (Å²) < 4.78 is 11.7. The van der Waals surface area contributed by atoms with E-state index >= 15 is 0 Å². The number of methoxy groups -OCH3 is 1. The molecule has 0 amide bonds. The Balaban J connectivity index is 1.57. The number of unbranched alkanes of at least 4 members (excludes halogenated alkanes) is 1. The van der Waals surface area contributed by atoms with Gasteiger partial charge in [0.25, 0.3) is 0 Å². The van der Waals surface area contributed by atoms with E-state index in [9.17, 15) is 0 Å². The zero-order chi connectivity index (χ0) is 20.7. The predicted octanol–water partition coefficient (Wildman–Crippen LogP) is -1.17. The first-order valence-corrected chi connectivity index (χ1v) is 39.1. The monoisotopic (exact) mass is 514 g/mol. The van der Waals surface area contributed by atoms with Crippen LogP contribution in [0, 0.1) is 11.8 Å². The summed E-state index contributed by atoms with van der Waals surface area (Å²) in [5, 5.41) is 0. The zero-order valence-electron chi connectivity index (χ0n) is 19.4. The largest absolute Gasteiger partial charge is 0.356 e. The fourth-order valence-corrected chi connectivity index (χ4v) is 182. The molecule has 0 bridgehead atoms. The maximum Gasteiger partial charge on any atom is 0.157 e. The predicted molar refractivity (Wildman–Crippen MR) is 152 cm³/mol. The van der Waals surface area contributed by atoms with Gasteiger partial charge in [-0.2, -0.15) is 0 Å². The molecule has 9 heteroatoms. The van der Waals surface area contributed by atoms with Crippen molar-refractivity contribution >= 4 is 61.6 Å². The topological polar surface area (TPSA) is 18.5 Å².